The molecule has 0 aliphatic rings. The van der Waals surface area contributed by atoms with Crippen LogP contribution >= 0.6 is 0 Å². The summed E-state index contributed by atoms with van der Waals surface area (Å²) in [5.41, 5.74) is 7.20. The first-order valence-corrected chi connectivity index (χ1v) is 11.7. The molecule has 1 heterocycles. The van der Waals surface area contributed by atoms with Crippen LogP contribution in [0.4, 0.5) is 0 Å². The van der Waals surface area contributed by atoms with Crippen molar-refractivity contribution in [1.82, 2.24) is 25.9 Å². The number of phenols is 1. The van der Waals surface area contributed by atoms with E-state index in [1.165, 1.54) is 31.6 Å². The molecular formula is C24H34N6O6. The van der Waals surface area contributed by atoms with Gasteiger partial charge in [0, 0.05) is 24.7 Å². The fraction of sp³-hybridized carbons (Fsp3) is 0.458. The highest BCUT2D eigenvalue weighted by Crippen LogP contribution is 2.12. The lowest BCUT2D eigenvalue weighted by Crippen LogP contribution is -2.57. The summed E-state index contributed by atoms with van der Waals surface area (Å²) in [6.07, 6.45) is 3.58. The Bertz CT molecular complexity index is 1030. The number of nitrogens with zero attached hydrogens (tertiary/aromatic N) is 1. The molecular weight excluding hydrogens is 468 g/mol. The number of aromatic amines is 1. The fourth-order valence-electron chi connectivity index (χ4n) is 3.35. The Hall–Kier alpha value is -3.93. The number of carbonyl (C=O) groups is 4. The van der Waals surface area contributed by atoms with Gasteiger partial charge in [0.25, 0.3) is 0 Å². The average Bonchev–Trinajstić information content (AvgIpc) is 3.36. The molecule has 0 spiro atoms. The van der Waals surface area contributed by atoms with E-state index in [1.54, 1.807) is 12.1 Å². The molecule has 0 bridgehead atoms. The number of benzene rings is 1. The van der Waals surface area contributed by atoms with Gasteiger partial charge in [0.1, 0.15) is 23.9 Å². The molecule has 36 heavy (non-hydrogen) atoms. The number of imidazole rings is 1. The van der Waals surface area contributed by atoms with Crippen molar-refractivity contribution < 1.29 is 29.4 Å². The third kappa shape index (κ3) is 8.38. The van der Waals surface area contributed by atoms with Gasteiger partial charge in [0.05, 0.1) is 12.4 Å². The van der Waals surface area contributed by atoms with Crippen LogP contribution in [0.25, 0.3) is 0 Å². The number of carbonyl (C=O) groups excluding carboxylic acids is 3. The minimum absolute atomic E-state index is 0.0191. The summed E-state index contributed by atoms with van der Waals surface area (Å²) >= 11 is 0. The zero-order valence-corrected chi connectivity index (χ0v) is 20.5. The normalized spacial score (nSPS) is 15.1. The molecule has 2 rings (SSSR count). The Morgan fingerprint density at radius 2 is 1.61 bits per heavy atom. The van der Waals surface area contributed by atoms with Crippen LogP contribution in [-0.2, 0) is 32.0 Å². The SMILES string of the molecule is CCC(C)C(N)C(=O)NC(Cc1ccc(O)cc1)C(=O)NC(C)C(=O)NC(Cc1cnc[nH]1)C(=O)O. The predicted molar refractivity (Wildman–Crippen MR) is 131 cm³/mol. The van der Waals surface area contributed by atoms with E-state index in [0.717, 1.165) is 0 Å². The van der Waals surface area contributed by atoms with Crippen molar-refractivity contribution in [3.63, 3.8) is 0 Å². The van der Waals surface area contributed by atoms with Gasteiger partial charge in [-0.1, -0.05) is 32.4 Å². The van der Waals surface area contributed by atoms with E-state index in [4.69, 9.17) is 5.73 Å². The summed E-state index contributed by atoms with van der Waals surface area (Å²) in [6, 6.07) is 1.91. The van der Waals surface area contributed by atoms with Crippen molar-refractivity contribution >= 4 is 23.7 Å². The van der Waals surface area contributed by atoms with Gasteiger partial charge in [-0.3, -0.25) is 14.4 Å². The Balaban J connectivity index is 2.10. The molecule has 0 saturated carbocycles. The number of carboxylic acids is 1. The number of nitrogens with two attached hydrogens (primary N) is 1. The number of aromatic nitrogens is 2. The van der Waals surface area contributed by atoms with E-state index >= 15 is 0 Å². The van der Waals surface area contributed by atoms with Crippen molar-refractivity contribution in [2.45, 2.75) is 64.2 Å². The smallest absolute Gasteiger partial charge is 0.326 e. The second kappa shape index (κ2) is 13.2. The van der Waals surface area contributed by atoms with Gasteiger partial charge < -0.3 is 36.9 Å². The first kappa shape index (κ1) is 28.3. The van der Waals surface area contributed by atoms with Crippen molar-refractivity contribution in [2.75, 3.05) is 0 Å². The number of aliphatic carboxylic acids is 1. The predicted octanol–water partition coefficient (Wildman–Crippen LogP) is -0.167. The minimum Gasteiger partial charge on any atom is -0.508 e. The van der Waals surface area contributed by atoms with Gasteiger partial charge in [0.2, 0.25) is 17.7 Å². The Kier molecular flexibility index (Phi) is 10.4. The van der Waals surface area contributed by atoms with E-state index in [-0.39, 0.29) is 24.5 Å². The highest BCUT2D eigenvalue weighted by Gasteiger charge is 2.29. The van der Waals surface area contributed by atoms with Crippen LogP contribution in [0.5, 0.6) is 5.75 Å². The van der Waals surface area contributed by atoms with Crippen LogP contribution < -0.4 is 21.7 Å². The molecule has 12 heteroatoms. The molecule has 8 N–H and O–H groups in total. The zero-order chi connectivity index (χ0) is 26.8. The molecule has 196 valence electrons. The van der Waals surface area contributed by atoms with Crippen LogP contribution in [0.2, 0.25) is 0 Å². The van der Waals surface area contributed by atoms with Crippen LogP contribution in [0.3, 0.4) is 0 Å². The van der Waals surface area contributed by atoms with Gasteiger partial charge in [-0.15, -0.1) is 0 Å². The lowest BCUT2D eigenvalue weighted by molar-refractivity contribution is -0.142. The minimum atomic E-state index is -1.24. The average molecular weight is 503 g/mol. The lowest BCUT2D eigenvalue weighted by atomic mass is 9.98. The summed E-state index contributed by atoms with van der Waals surface area (Å²) in [5, 5.41) is 26.6. The third-order valence-electron chi connectivity index (χ3n) is 5.91. The van der Waals surface area contributed by atoms with Gasteiger partial charge in [-0.25, -0.2) is 9.78 Å². The number of amides is 3. The maximum atomic E-state index is 13.1. The Morgan fingerprint density at radius 3 is 2.17 bits per heavy atom. The largest absolute Gasteiger partial charge is 0.508 e. The molecule has 5 atom stereocenters. The standard InChI is InChI=1S/C24H34N6O6/c1-4-13(2)20(25)23(34)29-18(9-15-5-7-17(31)8-6-15)22(33)28-14(3)21(32)30-19(24(35)36)10-16-11-26-12-27-16/h5-8,11-14,18-20,31H,4,9-10,25H2,1-3H3,(H,26,27)(H,28,33)(H,29,34)(H,30,32)(H,35,36). The van der Waals surface area contributed by atoms with E-state index < -0.39 is 47.9 Å². The van der Waals surface area contributed by atoms with E-state index in [9.17, 15) is 29.4 Å². The molecule has 0 aliphatic heterocycles. The third-order valence-corrected chi connectivity index (χ3v) is 5.91. The molecule has 5 unspecified atom stereocenters. The zero-order valence-electron chi connectivity index (χ0n) is 20.5. The molecule has 2 aromatic rings. The molecule has 0 saturated heterocycles. The number of H-pyrrole nitrogens is 1. The van der Waals surface area contributed by atoms with Crippen LogP contribution in [0, 0.1) is 5.92 Å². The molecule has 0 radical (unpaired) electrons. The second-order valence-electron chi connectivity index (χ2n) is 8.75. The number of rotatable bonds is 13. The molecule has 0 aliphatic carbocycles. The molecule has 3 amide bonds. The summed E-state index contributed by atoms with van der Waals surface area (Å²) in [5.74, 6) is -3.16. The van der Waals surface area contributed by atoms with Crippen molar-refractivity contribution in [1.29, 1.82) is 0 Å². The highest BCUT2D eigenvalue weighted by atomic mass is 16.4. The first-order chi connectivity index (χ1) is 17.0. The van der Waals surface area contributed by atoms with Gasteiger partial charge in [-0.2, -0.15) is 0 Å². The summed E-state index contributed by atoms with van der Waals surface area (Å²) < 4.78 is 0. The Labute approximate surface area is 209 Å². The van der Waals surface area contributed by atoms with Gasteiger partial charge in [-0.05, 0) is 30.5 Å². The van der Waals surface area contributed by atoms with Crippen LogP contribution in [0.15, 0.2) is 36.8 Å². The molecule has 1 aromatic carbocycles. The first-order valence-electron chi connectivity index (χ1n) is 11.7. The van der Waals surface area contributed by atoms with Crippen LogP contribution in [0.1, 0.15) is 38.4 Å². The summed E-state index contributed by atoms with van der Waals surface area (Å²) in [4.78, 5) is 56.6. The number of nitrogens with one attached hydrogen (secondary N) is 4. The number of phenolic OH excluding ortho intramolecular Hbond substituents is 1. The quantitative estimate of drug-likeness (QED) is 0.196. The fourth-order valence-corrected chi connectivity index (χ4v) is 3.35. The lowest BCUT2D eigenvalue weighted by Gasteiger charge is -2.25. The summed E-state index contributed by atoms with van der Waals surface area (Å²) in [7, 11) is 0. The van der Waals surface area contributed by atoms with E-state index in [2.05, 4.69) is 25.9 Å². The summed E-state index contributed by atoms with van der Waals surface area (Å²) in [6.45, 7) is 5.13. The van der Waals surface area contributed by atoms with Gasteiger partial charge >= 0.3 is 5.97 Å². The molecule has 0 fully saturated rings. The van der Waals surface area contributed by atoms with Crippen molar-refractivity contribution in [2.24, 2.45) is 11.7 Å². The second-order valence-corrected chi connectivity index (χ2v) is 8.75. The number of hydrogen-bond acceptors (Lipinski definition) is 7. The van der Waals surface area contributed by atoms with Gasteiger partial charge in [0.15, 0.2) is 0 Å². The van der Waals surface area contributed by atoms with Crippen LogP contribution in [-0.4, -0.2) is 68.0 Å². The highest BCUT2D eigenvalue weighted by molar-refractivity contribution is 5.94. The number of carboxylic acid groups (broad SMARTS) is 1. The van der Waals surface area contributed by atoms with E-state index in [0.29, 0.717) is 17.7 Å². The maximum Gasteiger partial charge on any atom is 0.326 e. The van der Waals surface area contributed by atoms with E-state index in [1.807, 2.05) is 13.8 Å². The number of hydrogen-bond donors (Lipinski definition) is 7. The Morgan fingerprint density at radius 1 is 0.972 bits per heavy atom. The number of aromatic hydroxyl groups is 1. The van der Waals surface area contributed by atoms with Crippen molar-refractivity contribution in [3.8, 4) is 5.75 Å². The molecule has 1 aromatic heterocycles. The monoisotopic (exact) mass is 502 g/mol. The van der Waals surface area contributed by atoms with Crippen molar-refractivity contribution in [3.05, 3.63) is 48.0 Å². The maximum absolute atomic E-state index is 13.1. The topological polar surface area (TPSA) is 200 Å². The molecule has 12 nitrogen and oxygen atoms in total.